The number of nitrogens with one attached hydrogen (secondary N) is 2. The second-order valence-corrected chi connectivity index (χ2v) is 6.68. The summed E-state index contributed by atoms with van der Waals surface area (Å²) in [6, 6.07) is 16.0. The van der Waals surface area contributed by atoms with Crippen molar-refractivity contribution in [3.63, 3.8) is 0 Å². The Morgan fingerprint density at radius 1 is 1.00 bits per heavy atom. The Labute approximate surface area is 171 Å². The highest BCUT2D eigenvalue weighted by molar-refractivity contribution is 6.05. The van der Waals surface area contributed by atoms with Crippen molar-refractivity contribution in [2.45, 2.75) is 19.4 Å². The molecule has 3 aromatic rings. The van der Waals surface area contributed by atoms with Crippen LogP contribution < -0.4 is 15.8 Å². The molecule has 1 saturated heterocycles. The van der Waals surface area contributed by atoms with E-state index in [1.54, 1.807) is 29.2 Å². The van der Waals surface area contributed by atoms with Crippen LogP contribution in [0.15, 0.2) is 54.6 Å². The number of para-hydroxylation sites is 1. The number of benzene rings is 2. The van der Waals surface area contributed by atoms with Gasteiger partial charge in [0.1, 0.15) is 6.54 Å². The smallest absolute Gasteiger partial charge is 0.271 e. The maximum absolute atomic E-state index is 12.6. The zero-order valence-corrected chi connectivity index (χ0v) is 16.0. The Bertz CT molecular complexity index is 1080. The highest BCUT2D eigenvalue weighted by Crippen LogP contribution is 2.25. The molecule has 0 aliphatic carbocycles. The van der Waals surface area contributed by atoms with Crippen LogP contribution in [0, 0.1) is 0 Å². The van der Waals surface area contributed by atoms with Gasteiger partial charge in [0.15, 0.2) is 0 Å². The summed E-state index contributed by atoms with van der Waals surface area (Å²) < 4.78 is 0. The molecular weight excluding hydrogens is 386 g/mol. The molecule has 10 heteroatoms. The predicted molar refractivity (Wildman–Crippen MR) is 107 cm³/mol. The third-order valence-corrected chi connectivity index (χ3v) is 4.60. The summed E-state index contributed by atoms with van der Waals surface area (Å²) in [7, 11) is 0. The Kier molecular flexibility index (Phi) is 5.46. The Balaban J connectivity index is 1.36. The van der Waals surface area contributed by atoms with Gasteiger partial charge in [-0.05, 0) is 23.8 Å². The van der Waals surface area contributed by atoms with Crippen molar-refractivity contribution in [2.75, 3.05) is 11.4 Å². The lowest BCUT2D eigenvalue weighted by Crippen LogP contribution is -2.44. The summed E-state index contributed by atoms with van der Waals surface area (Å²) in [5, 5.41) is 11.9. The summed E-state index contributed by atoms with van der Waals surface area (Å²) >= 11 is 0. The number of carbonyl (C=O) groups is 3. The van der Waals surface area contributed by atoms with Crippen LogP contribution in [0.1, 0.15) is 23.2 Å². The maximum atomic E-state index is 12.6. The lowest BCUT2D eigenvalue weighted by Gasteiger charge is -2.19. The van der Waals surface area contributed by atoms with Crippen molar-refractivity contribution in [1.29, 1.82) is 0 Å². The van der Waals surface area contributed by atoms with E-state index in [1.165, 1.54) is 0 Å². The summed E-state index contributed by atoms with van der Waals surface area (Å²) in [5.41, 5.74) is 6.32. The third kappa shape index (κ3) is 4.17. The number of aromatic nitrogens is 4. The van der Waals surface area contributed by atoms with Crippen LogP contribution in [0.2, 0.25) is 0 Å². The lowest BCUT2D eigenvalue weighted by atomic mass is 10.1. The van der Waals surface area contributed by atoms with Gasteiger partial charge < -0.3 is 4.90 Å². The molecule has 30 heavy (non-hydrogen) atoms. The van der Waals surface area contributed by atoms with Gasteiger partial charge >= 0.3 is 0 Å². The monoisotopic (exact) mass is 405 g/mol. The van der Waals surface area contributed by atoms with E-state index >= 15 is 0 Å². The largest absolute Gasteiger partial charge is 0.312 e. The SMILES string of the molecule is O=C(Cn1nnc(-c2ccccc2)n1)NNC(=O)c1ccccc1N1CCCC1=O. The van der Waals surface area contributed by atoms with E-state index in [9.17, 15) is 14.4 Å². The van der Waals surface area contributed by atoms with E-state index in [0.29, 0.717) is 30.0 Å². The van der Waals surface area contributed by atoms with Crippen LogP contribution >= 0.6 is 0 Å². The Hall–Kier alpha value is -4.08. The molecule has 1 aliphatic heterocycles. The molecule has 10 nitrogen and oxygen atoms in total. The molecule has 0 bridgehead atoms. The van der Waals surface area contributed by atoms with Gasteiger partial charge in [0.05, 0.1) is 11.3 Å². The van der Waals surface area contributed by atoms with Crippen molar-refractivity contribution >= 4 is 23.4 Å². The molecule has 1 aliphatic rings. The topological polar surface area (TPSA) is 122 Å². The first-order chi connectivity index (χ1) is 14.6. The van der Waals surface area contributed by atoms with Crippen molar-refractivity contribution in [3.8, 4) is 11.4 Å². The van der Waals surface area contributed by atoms with Crippen molar-refractivity contribution in [3.05, 3.63) is 60.2 Å². The molecule has 2 aromatic carbocycles. The number of amides is 3. The fraction of sp³-hybridized carbons (Fsp3) is 0.200. The van der Waals surface area contributed by atoms with Crippen LogP contribution in [-0.4, -0.2) is 44.5 Å². The van der Waals surface area contributed by atoms with Gasteiger partial charge in [-0.3, -0.25) is 25.2 Å². The van der Waals surface area contributed by atoms with E-state index in [4.69, 9.17) is 0 Å². The number of hydrogen-bond donors (Lipinski definition) is 2. The molecule has 2 heterocycles. The van der Waals surface area contributed by atoms with E-state index < -0.39 is 11.8 Å². The van der Waals surface area contributed by atoms with Gasteiger partial charge in [-0.15, -0.1) is 10.2 Å². The molecule has 0 radical (unpaired) electrons. The van der Waals surface area contributed by atoms with Gasteiger partial charge in [0.25, 0.3) is 11.8 Å². The molecule has 2 N–H and O–H groups in total. The fourth-order valence-electron chi connectivity index (χ4n) is 3.18. The molecule has 152 valence electrons. The number of nitrogens with zero attached hydrogens (tertiary/aromatic N) is 5. The molecule has 4 rings (SSSR count). The van der Waals surface area contributed by atoms with E-state index in [1.807, 2.05) is 30.3 Å². The first kappa shape index (κ1) is 19.2. The van der Waals surface area contributed by atoms with Crippen LogP contribution in [0.4, 0.5) is 5.69 Å². The van der Waals surface area contributed by atoms with Gasteiger partial charge in [-0.2, -0.15) is 4.80 Å². The van der Waals surface area contributed by atoms with Crippen LogP contribution in [-0.2, 0) is 16.1 Å². The lowest BCUT2D eigenvalue weighted by molar-refractivity contribution is -0.123. The average molecular weight is 405 g/mol. The first-order valence-corrected chi connectivity index (χ1v) is 9.43. The normalized spacial score (nSPS) is 13.3. The minimum Gasteiger partial charge on any atom is -0.312 e. The third-order valence-electron chi connectivity index (χ3n) is 4.60. The Morgan fingerprint density at radius 3 is 2.53 bits per heavy atom. The van der Waals surface area contributed by atoms with Crippen molar-refractivity contribution in [1.82, 2.24) is 31.1 Å². The minimum atomic E-state index is -0.518. The van der Waals surface area contributed by atoms with Crippen LogP contribution in [0.3, 0.4) is 0 Å². The molecule has 0 spiro atoms. The number of hydrazine groups is 1. The van der Waals surface area contributed by atoms with E-state index in [2.05, 4.69) is 26.3 Å². The first-order valence-electron chi connectivity index (χ1n) is 9.43. The quantitative estimate of drug-likeness (QED) is 0.609. The van der Waals surface area contributed by atoms with E-state index in [0.717, 1.165) is 16.8 Å². The number of rotatable bonds is 5. The van der Waals surface area contributed by atoms with Crippen LogP contribution in [0.25, 0.3) is 11.4 Å². The Morgan fingerprint density at radius 2 is 1.77 bits per heavy atom. The fourth-order valence-corrected chi connectivity index (χ4v) is 3.18. The van der Waals surface area contributed by atoms with Gasteiger partial charge in [0, 0.05) is 18.5 Å². The molecular formula is C20H19N7O3. The zero-order valence-electron chi connectivity index (χ0n) is 16.0. The second-order valence-electron chi connectivity index (χ2n) is 6.68. The standard InChI is InChI=1S/C20H19N7O3/c28-17(13-27-24-19(22-25-27)14-7-2-1-3-8-14)21-23-20(30)15-9-4-5-10-16(15)26-12-6-11-18(26)29/h1-5,7-10H,6,11-13H2,(H,21,28)(H,23,30). The van der Waals surface area contributed by atoms with Crippen LogP contribution in [0.5, 0.6) is 0 Å². The predicted octanol–water partition coefficient (Wildman–Crippen LogP) is 0.928. The van der Waals surface area contributed by atoms with Gasteiger partial charge in [-0.1, -0.05) is 42.5 Å². The minimum absolute atomic E-state index is 0.0224. The number of hydrogen-bond acceptors (Lipinski definition) is 6. The average Bonchev–Trinajstić information content (AvgIpc) is 3.41. The molecule has 3 amide bonds. The van der Waals surface area contributed by atoms with Crippen molar-refractivity contribution in [2.24, 2.45) is 0 Å². The highest BCUT2D eigenvalue weighted by Gasteiger charge is 2.25. The molecule has 1 aromatic heterocycles. The number of carbonyl (C=O) groups excluding carboxylic acids is 3. The summed E-state index contributed by atoms with van der Waals surface area (Å²) in [4.78, 5) is 39.5. The maximum Gasteiger partial charge on any atom is 0.271 e. The van der Waals surface area contributed by atoms with Gasteiger partial charge in [0.2, 0.25) is 11.7 Å². The van der Waals surface area contributed by atoms with E-state index in [-0.39, 0.29) is 12.5 Å². The molecule has 1 fully saturated rings. The highest BCUT2D eigenvalue weighted by atomic mass is 16.2. The second kappa shape index (κ2) is 8.52. The summed E-state index contributed by atoms with van der Waals surface area (Å²) in [5.74, 6) is -0.660. The summed E-state index contributed by atoms with van der Waals surface area (Å²) in [6.07, 6.45) is 1.21. The summed E-state index contributed by atoms with van der Waals surface area (Å²) in [6.45, 7) is 0.351. The number of anilines is 1. The number of tetrazole rings is 1. The molecule has 0 atom stereocenters. The molecule has 0 saturated carbocycles. The zero-order chi connectivity index (χ0) is 20.9. The van der Waals surface area contributed by atoms with Gasteiger partial charge in [-0.25, -0.2) is 0 Å². The van der Waals surface area contributed by atoms with Crippen molar-refractivity contribution < 1.29 is 14.4 Å². The molecule has 0 unspecified atom stereocenters.